The van der Waals surface area contributed by atoms with Crippen LogP contribution in [0, 0.1) is 6.92 Å². The van der Waals surface area contributed by atoms with Crippen LogP contribution in [0.3, 0.4) is 0 Å². The lowest BCUT2D eigenvalue weighted by atomic mass is 10.3. The molecule has 116 valence electrons. The number of ether oxygens (including phenoxy) is 2. The van der Waals surface area contributed by atoms with Gasteiger partial charge >= 0.3 is 5.97 Å². The molecule has 0 aliphatic rings. The first-order valence-corrected chi connectivity index (χ1v) is 7.23. The van der Waals surface area contributed by atoms with E-state index in [1.54, 1.807) is 23.7 Å². The van der Waals surface area contributed by atoms with Crippen LogP contribution in [0.25, 0.3) is 5.69 Å². The van der Waals surface area contributed by atoms with Crippen LogP contribution in [-0.2, 0) is 4.74 Å². The molecule has 0 amide bonds. The maximum Gasteiger partial charge on any atom is 0.357 e. The summed E-state index contributed by atoms with van der Waals surface area (Å²) in [6, 6.07) is 9.16. The van der Waals surface area contributed by atoms with E-state index in [0.29, 0.717) is 18.9 Å². The molecular weight excluding hydrogens is 280 g/mol. The highest BCUT2D eigenvalue weighted by Gasteiger charge is 2.16. The number of benzene rings is 1. The van der Waals surface area contributed by atoms with Crippen LogP contribution >= 0.6 is 0 Å². The van der Waals surface area contributed by atoms with Crippen LogP contribution in [0.5, 0.6) is 5.75 Å². The molecule has 0 unspecified atom stereocenters. The van der Waals surface area contributed by atoms with Crippen molar-refractivity contribution in [1.29, 1.82) is 0 Å². The second-order valence-corrected chi connectivity index (χ2v) is 4.73. The third-order valence-electron chi connectivity index (χ3n) is 2.97. The van der Waals surface area contributed by atoms with Crippen molar-refractivity contribution in [2.24, 2.45) is 0 Å². The SMILES string of the molecule is C=CCCOc1cccc(-n2nc(C)cc2C(=O)OCC)c1. The number of hydrogen-bond donors (Lipinski definition) is 0. The van der Waals surface area contributed by atoms with Gasteiger partial charge in [-0.1, -0.05) is 12.1 Å². The van der Waals surface area contributed by atoms with Gasteiger partial charge in [0.1, 0.15) is 5.75 Å². The van der Waals surface area contributed by atoms with Crippen LogP contribution in [0.1, 0.15) is 29.5 Å². The lowest BCUT2D eigenvalue weighted by Crippen LogP contribution is -2.12. The highest BCUT2D eigenvalue weighted by molar-refractivity contribution is 5.88. The Morgan fingerprint density at radius 1 is 1.41 bits per heavy atom. The molecule has 2 rings (SSSR count). The number of carbonyl (C=O) groups excluding carboxylic acids is 1. The minimum Gasteiger partial charge on any atom is -0.493 e. The van der Waals surface area contributed by atoms with Gasteiger partial charge < -0.3 is 9.47 Å². The van der Waals surface area contributed by atoms with Gasteiger partial charge in [0.25, 0.3) is 0 Å². The van der Waals surface area contributed by atoms with Gasteiger partial charge in [0.05, 0.1) is 24.6 Å². The molecule has 0 fully saturated rings. The molecule has 2 aromatic rings. The van der Waals surface area contributed by atoms with Crippen LogP contribution in [-0.4, -0.2) is 29.0 Å². The van der Waals surface area contributed by atoms with E-state index in [1.807, 2.05) is 31.2 Å². The highest BCUT2D eigenvalue weighted by atomic mass is 16.5. The molecule has 1 aromatic heterocycles. The maximum atomic E-state index is 12.0. The van der Waals surface area contributed by atoms with Gasteiger partial charge in [0.15, 0.2) is 5.69 Å². The Kier molecular flexibility index (Phi) is 5.36. The second-order valence-electron chi connectivity index (χ2n) is 4.73. The van der Waals surface area contributed by atoms with Crippen LogP contribution in [0.4, 0.5) is 0 Å². The number of hydrogen-bond acceptors (Lipinski definition) is 4. The summed E-state index contributed by atoms with van der Waals surface area (Å²) >= 11 is 0. The molecule has 0 N–H and O–H groups in total. The number of carbonyl (C=O) groups is 1. The largest absolute Gasteiger partial charge is 0.493 e. The average Bonchev–Trinajstić information content (AvgIpc) is 2.90. The Morgan fingerprint density at radius 2 is 2.23 bits per heavy atom. The fourth-order valence-corrected chi connectivity index (χ4v) is 2.01. The minimum atomic E-state index is -0.388. The third kappa shape index (κ3) is 3.75. The number of esters is 1. The topological polar surface area (TPSA) is 53.4 Å². The molecular formula is C17H20N2O3. The third-order valence-corrected chi connectivity index (χ3v) is 2.97. The van der Waals surface area contributed by atoms with E-state index in [1.165, 1.54) is 0 Å². The van der Waals surface area contributed by atoms with E-state index in [2.05, 4.69) is 11.7 Å². The first-order chi connectivity index (χ1) is 10.7. The minimum absolute atomic E-state index is 0.327. The lowest BCUT2D eigenvalue weighted by Gasteiger charge is -2.09. The number of rotatable bonds is 7. The molecule has 0 saturated heterocycles. The zero-order valence-corrected chi connectivity index (χ0v) is 12.9. The molecule has 22 heavy (non-hydrogen) atoms. The van der Waals surface area contributed by atoms with E-state index >= 15 is 0 Å². The van der Waals surface area contributed by atoms with Gasteiger partial charge in [-0.15, -0.1) is 6.58 Å². The van der Waals surface area contributed by atoms with Gasteiger partial charge in [-0.25, -0.2) is 9.48 Å². The molecule has 1 aromatic carbocycles. The standard InChI is InChI=1S/C17H20N2O3/c1-4-6-10-22-15-9-7-8-14(12-15)19-16(11-13(3)18-19)17(20)21-5-2/h4,7-9,11-12H,1,5-6,10H2,2-3H3. The lowest BCUT2D eigenvalue weighted by molar-refractivity contribution is 0.0515. The van der Waals surface area contributed by atoms with E-state index < -0.39 is 0 Å². The normalized spacial score (nSPS) is 10.3. The van der Waals surface area contributed by atoms with Crippen molar-refractivity contribution in [2.75, 3.05) is 13.2 Å². The predicted molar refractivity (Wildman–Crippen MR) is 84.6 cm³/mol. The Hall–Kier alpha value is -2.56. The number of aromatic nitrogens is 2. The highest BCUT2D eigenvalue weighted by Crippen LogP contribution is 2.19. The van der Waals surface area contributed by atoms with Crippen LogP contribution in [0.15, 0.2) is 43.0 Å². The fourth-order valence-electron chi connectivity index (χ4n) is 2.01. The predicted octanol–water partition coefficient (Wildman–Crippen LogP) is 3.31. The molecule has 5 heteroatoms. The molecule has 0 saturated carbocycles. The van der Waals surface area contributed by atoms with Gasteiger partial charge in [0.2, 0.25) is 0 Å². The molecule has 0 atom stereocenters. The molecule has 0 radical (unpaired) electrons. The summed E-state index contributed by atoms with van der Waals surface area (Å²) in [6.45, 7) is 8.17. The van der Waals surface area contributed by atoms with Crippen LogP contribution < -0.4 is 4.74 Å². The zero-order chi connectivity index (χ0) is 15.9. The van der Waals surface area contributed by atoms with Gasteiger partial charge in [-0.2, -0.15) is 5.10 Å². The second kappa shape index (κ2) is 7.45. The zero-order valence-electron chi connectivity index (χ0n) is 12.9. The summed E-state index contributed by atoms with van der Waals surface area (Å²) in [5.41, 5.74) is 1.91. The molecule has 5 nitrogen and oxygen atoms in total. The molecule has 0 aliphatic carbocycles. The van der Waals surface area contributed by atoms with E-state index in [9.17, 15) is 4.79 Å². The van der Waals surface area contributed by atoms with Crippen LogP contribution in [0.2, 0.25) is 0 Å². The summed E-state index contributed by atoms with van der Waals surface area (Å²) in [6.07, 6.45) is 2.58. The molecule has 0 bridgehead atoms. The van der Waals surface area contributed by atoms with Crippen molar-refractivity contribution in [3.63, 3.8) is 0 Å². The van der Waals surface area contributed by atoms with Gasteiger partial charge in [-0.05, 0) is 38.5 Å². The van der Waals surface area contributed by atoms with Crippen molar-refractivity contribution in [1.82, 2.24) is 9.78 Å². The molecule has 0 spiro atoms. The summed E-state index contributed by atoms with van der Waals surface area (Å²) in [5, 5.41) is 4.37. The quantitative estimate of drug-likeness (QED) is 0.447. The Balaban J connectivity index is 2.29. The molecule has 0 aliphatic heterocycles. The van der Waals surface area contributed by atoms with Gasteiger partial charge in [0, 0.05) is 6.07 Å². The average molecular weight is 300 g/mol. The van der Waals surface area contributed by atoms with E-state index in [-0.39, 0.29) is 5.97 Å². The number of nitrogens with zero attached hydrogens (tertiary/aromatic N) is 2. The van der Waals surface area contributed by atoms with Crippen molar-refractivity contribution < 1.29 is 14.3 Å². The fraction of sp³-hybridized carbons (Fsp3) is 0.294. The Labute approximate surface area is 130 Å². The van der Waals surface area contributed by atoms with Crippen molar-refractivity contribution in [2.45, 2.75) is 20.3 Å². The summed E-state index contributed by atoms with van der Waals surface area (Å²) in [5.74, 6) is 0.336. The summed E-state index contributed by atoms with van der Waals surface area (Å²) < 4.78 is 12.3. The van der Waals surface area contributed by atoms with Crippen molar-refractivity contribution in [3.8, 4) is 11.4 Å². The van der Waals surface area contributed by atoms with Crippen molar-refractivity contribution in [3.05, 3.63) is 54.4 Å². The van der Waals surface area contributed by atoms with E-state index in [0.717, 1.165) is 23.6 Å². The molecule has 1 heterocycles. The first kappa shape index (κ1) is 15.8. The maximum absolute atomic E-state index is 12.0. The van der Waals surface area contributed by atoms with Crippen molar-refractivity contribution >= 4 is 5.97 Å². The Bertz CT molecular complexity index is 662. The Morgan fingerprint density at radius 3 is 2.95 bits per heavy atom. The number of aryl methyl sites for hydroxylation is 1. The summed E-state index contributed by atoms with van der Waals surface area (Å²) in [7, 11) is 0. The van der Waals surface area contributed by atoms with E-state index in [4.69, 9.17) is 9.47 Å². The monoisotopic (exact) mass is 300 g/mol. The van der Waals surface area contributed by atoms with Gasteiger partial charge in [-0.3, -0.25) is 0 Å². The smallest absolute Gasteiger partial charge is 0.357 e. The first-order valence-electron chi connectivity index (χ1n) is 7.23. The summed E-state index contributed by atoms with van der Waals surface area (Å²) in [4.78, 5) is 12.0.